The summed E-state index contributed by atoms with van der Waals surface area (Å²) in [4.78, 5) is 63.9. The molecule has 0 spiro atoms. The maximum absolute atomic E-state index is 13.1. The second-order valence-corrected chi connectivity index (χ2v) is 9.03. The molecule has 0 radical (unpaired) electrons. The number of carboxylic acid groups (broad SMARTS) is 1. The van der Waals surface area contributed by atoms with Crippen LogP contribution in [0.25, 0.3) is 10.9 Å². The molecule has 4 atom stereocenters. The number of carbonyl (C=O) groups is 5. The fourth-order valence-electron chi connectivity index (χ4n) is 3.52. The SMILES string of the molecule is CC(NC(=O)C(Cc1c[nH]c2ccccc12)NC(=O)C(N)C(C)C)C(=O)NC(CCC(N)=O)C(=O)O. The number of hydrogen-bond donors (Lipinski definition) is 7. The minimum Gasteiger partial charge on any atom is -0.480 e. The highest BCUT2D eigenvalue weighted by Crippen LogP contribution is 2.19. The van der Waals surface area contributed by atoms with Crippen molar-refractivity contribution < 1.29 is 29.1 Å². The minimum atomic E-state index is -1.35. The molecule has 36 heavy (non-hydrogen) atoms. The molecule has 0 saturated heterocycles. The Morgan fingerprint density at radius 1 is 0.944 bits per heavy atom. The average molecular weight is 503 g/mol. The summed E-state index contributed by atoms with van der Waals surface area (Å²) in [5.41, 5.74) is 12.6. The molecule has 0 aliphatic heterocycles. The Labute approximate surface area is 208 Å². The van der Waals surface area contributed by atoms with Crippen LogP contribution in [0.15, 0.2) is 30.5 Å². The van der Waals surface area contributed by atoms with Gasteiger partial charge in [-0.3, -0.25) is 19.2 Å². The normalized spacial score (nSPS) is 14.5. The maximum atomic E-state index is 13.1. The van der Waals surface area contributed by atoms with Crippen LogP contribution in [0.2, 0.25) is 0 Å². The number of primary amides is 1. The summed E-state index contributed by atoms with van der Waals surface area (Å²) in [5, 5.41) is 17.7. The summed E-state index contributed by atoms with van der Waals surface area (Å²) in [5.74, 6) is -4.13. The highest BCUT2D eigenvalue weighted by Gasteiger charge is 2.29. The van der Waals surface area contributed by atoms with E-state index in [1.165, 1.54) is 6.92 Å². The van der Waals surface area contributed by atoms with Crippen LogP contribution < -0.4 is 27.4 Å². The first-order valence-electron chi connectivity index (χ1n) is 11.6. The van der Waals surface area contributed by atoms with Gasteiger partial charge in [-0.2, -0.15) is 0 Å². The predicted molar refractivity (Wildman–Crippen MR) is 132 cm³/mol. The molecule has 1 heterocycles. The van der Waals surface area contributed by atoms with Gasteiger partial charge < -0.3 is 37.5 Å². The van der Waals surface area contributed by atoms with Gasteiger partial charge in [-0.25, -0.2) is 4.79 Å². The van der Waals surface area contributed by atoms with Crippen molar-refractivity contribution in [3.8, 4) is 0 Å². The van der Waals surface area contributed by atoms with Gasteiger partial charge in [0.15, 0.2) is 0 Å². The standard InChI is InChI=1S/C24H34N6O6/c1-12(2)20(26)23(34)30-18(10-14-11-27-16-7-5-4-6-15(14)16)22(33)28-13(3)21(32)29-17(24(35)36)8-9-19(25)31/h4-7,11-13,17-18,20,27H,8-10,26H2,1-3H3,(H2,25,31)(H,28,33)(H,29,32)(H,30,34)(H,35,36). The van der Waals surface area contributed by atoms with Crippen molar-refractivity contribution in [2.75, 3.05) is 0 Å². The first-order chi connectivity index (χ1) is 16.9. The van der Waals surface area contributed by atoms with Crippen LogP contribution in [0.5, 0.6) is 0 Å². The highest BCUT2D eigenvalue weighted by molar-refractivity contribution is 5.94. The molecular weight excluding hydrogens is 468 g/mol. The van der Waals surface area contributed by atoms with E-state index in [-0.39, 0.29) is 25.2 Å². The number of carbonyl (C=O) groups excluding carboxylic acids is 4. The van der Waals surface area contributed by atoms with Crippen LogP contribution in [-0.2, 0) is 30.4 Å². The topological polar surface area (TPSA) is 210 Å². The summed E-state index contributed by atoms with van der Waals surface area (Å²) >= 11 is 0. The van der Waals surface area contributed by atoms with Gasteiger partial charge in [-0.1, -0.05) is 32.0 Å². The Kier molecular flexibility index (Phi) is 9.97. The molecule has 0 fully saturated rings. The highest BCUT2D eigenvalue weighted by atomic mass is 16.4. The van der Waals surface area contributed by atoms with Gasteiger partial charge in [-0.05, 0) is 30.9 Å². The lowest BCUT2D eigenvalue weighted by Gasteiger charge is -2.24. The number of aromatic amines is 1. The molecule has 12 nitrogen and oxygen atoms in total. The number of H-pyrrole nitrogens is 1. The average Bonchev–Trinajstić information content (AvgIpc) is 3.22. The molecule has 1 aromatic heterocycles. The zero-order valence-corrected chi connectivity index (χ0v) is 20.5. The Bertz CT molecular complexity index is 1110. The molecule has 9 N–H and O–H groups in total. The number of rotatable bonds is 13. The summed E-state index contributed by atoms with van der Waals surface area (Å²) in [7, 11) is 0. The smallest absolute Gasteiger partial charge is 0.326 e. The number of benzene rings is 1. The molecule has 0 bridgehead atoms. The molecule has 2 rings (SSSR count). The molecule has 1 aromatic carbocycles. The van der Waals surface area contributed by atoms with E-state index < -0.39 is 53.8 Å². The summed E-state index contributed by atoms with van der Waals surface area (Å²) in [6.45, 7) is 4.94. The van der Waals surface area contributed by atoms with Gasteiger partial charge in [0, 0.05) is 29.9 Å². The van der Waals surface area contributed by atoms with Crippen molar-refractivity contribution in [2.45, 2.75) is 64.2 Å². The van der Waals surface area contributed by atoms with Crippen molar-refractivity contribution >= 4 is 40.5 Å². The van der Waals surface area contributed by atoms with Crippen LogP contribution in [0.3, 0.4) is 0 Å². The molecule has 0 aliphatic carbocycles. The number of aromatic nitrogens is 1. The number of amides is 4. The molecular formula is C24H34N6O6. The Balaban J connectivity index is 2.16. The van der Waals surface area contributed by atoms with Crippen LogP contribution in [0.4, 0.5) is 0 Å². The molecule has 12 heteroatoms. The second kappa shape index (κ2) is 12.7. The van der Waals surface area contributed by atoms with Gasteiger partial charge in [0.25, 0.3) is 0 Å². The van der Waals surface area contributed by atoms with Gasteiger partial charge in [0.1, 0.15) is 18.1 Å². The third-order valence-electron chi connectivity index (χ3n) is 5.80. The van der Waals surface area contributed by atoms with Crippen molar-refractivity contribution in [3.05, 3.63) is 36.0 Å². The molecule has 196 valence electrons. The van der Waals surface area contributed by atoms with Gasteiger partial charge in [0.05, 0.1) is 6.04 Å². The number of aliphatic carboxylic acids is 1. The number of fused-ring (bicyclic) bond motifs is 1. The lowest BCUT2D eigenvalue weighted by Crippen LogP contribution is -2.57. The summed E-state index contributed by atoms with van der Waals surface area (Å²) in [6, 6.07) is 3.10. The van der Waals surface area contributed by atoms with Gasteiger partial charge in [-0.15, -0.1) is 0 Å². The second-order valence-electron chi connectivity index (χ2n) is 9.03. The summed E-state index contributed by atoms with van der Waals surface area (Å²) < 4.78 is 0. The van der Waals surface area contributed by atoms with E-state index >= 15 is 0 Å². The monoisotopic (exact) mass is 502 g/mol. The fraction of sp³-hybridized carbons (Fsp3) is 0.458. The largest absolute Gasteiger partial charge is 0.480 e. The fourth-order valence-corrected chi connectivity index (χ4v) is 3.52. The van der Waals surface area contributed by atoms with Gasteiger partial charge >= 0.3 is 5.97 Å². The van der Waals surface area contributed by atoms with E-state index in [0.29, 0.717) is 0 Å². The van der Waals surface area contributed by atoms with E-state index in [1.54, 1.807) is 20.0 Å². The number of nitrogens with one attached hydrogen (secondary N) is 4. The maximum Gasteiger partial charge on any atom is 0.326 e. The van der Waals surface area contributed by atoms with E-state index in [1.807, 2.05) is 24.3 Å². The quantitative estimate of drug-likeness (QED) is 0.191. The van der Waals surface area contributed by atoms with E-state index in [2.05, 4.69) is 20.9 Å². The van der Waals surface area contributed by atoms with E-state index in [4.69, 9.17) is 11.5 Å². The summed E-state index contributed by atoms with van der Waals surface area (Å²) in [6.07, 6.45) is 1.44. The first-order valence-corrected chi connectivity index (χ1v) is 11.6. The van der Waals surface area contributed by atoms with Crippen molar-refractivity contribution in [1.29, 1.82) is 0 Å². The van der Waals surface area contributed by atoms with Crippen LogP contribution in [0.1, 0.15) is 39.2 Å². The predicted octanol–water partition coefficient (Wildman–Crippen LogP) is -0.482. The lowest BCUT2D eigenvalue weighted by atomic mass is 10.0. The van der Waals surface area contributed by atoms with Crippen LogP contribution in [-0.4, -0.2) is 63.9 Å². The number of hydrogen-bond acceptors (Lipinski definition) is 6. The molecule has 4 amide bonds. The molecule has 0 aliphatic rings. The minimum absolute atomic E-state index is 0.122. The van der Waals surface area contributed by atoms with E-state index in [0.717, 1.165) is 16.5 Å². The van der Waals surface area contributed by atoms with Gasteiger partial charge in [0.2, 0.25) is 23.6 Å². The number of nitrogens with two attached hydrogens (primary N) is 2. The Morgan fingerprint density at radius 3 is 2.19 bits per heavy atom. The van der Waals surface area contributed by atoms with Crippen molar-refractivity contribution in [3.63, 3.8) is 0 Å². The zero-order chi connectivity index (χ0) is 27.0. The van der Waals surface area contributed by atoms with Crippen LogP contribution in [0, 0.1) is 5.92 Å². The third kappa shape index (κ3) is 7.80. The molecule has 0 saturated carbocycles. The number of carboxylic acids is 1. The first kappa shape index (κ1) is 28.3. The zero-order valence-electron chi connectivity index (χ0n) is 20.5. The molecule has 4 unspecified atom stereocenters. The number of para-hydroxylation sites is 1. The van der Waals surface area contributed by atoms with Crippen molar-refractivity contribution in [1.82, 2.24) is 20.9 Å². The third-order valence-corrected chi connectivity index (χ3v) is 5.80. The Hall–Kier alpha value is -3.93. The lowest BCUT2D eigenvalue weighted by molar-refractivity contribution is -0.142. The van der Waals surface area contributed by atoms with Crippen LogP contribution >= 0.6 is 0 Å². The van der Waals surface area contributed by atoms with E-state index in [9.17, 15) is 29.1 Å². The van der Waals surface area contributed by atoms with Crippen molar-refractivity contribution in [2.24, 2.45) is 17.4 Å². The Morgan fingerprint density at radius 2 is 1.58 bits per heavy atom. The molecule has 2 aromatic rings.